The molecule has 1 fully saturated rings. The highest BCUT2D eigenvalue weighted by atomic mass is 35.5. The van der Waals surface area contributed by atoms with Crippen LogP contribution < -0.4 is 4.90 Å². The molecule has 2 N–H and O–H groups in total. The Labute approximate surface area is 113 Å². The second kappa shape index (κ2) is 5.47. The van der Waals surface area contributed by atoms with Crippen LogP contribution in [-0.2, 0) is 6.61 Å². The zero-order valence-corrected chi connectivity index (χ0v) is 11.5. The van der Waals surface area contributed by atoms with Gasteiger partial charge in [-0.15, -0.1) is 0 Å². The number of anilines is 1. The lowest BCUT2D eigenvalue weighted by Gasteiger charge is -2.31. The molecule has 4 heteroatoms. The molecule has 18 heavy (non-hydrogen) atoms. The van der Waals surface area contributed by atoms with E-state index in [4.69, 9.17) is 11.6 Å². The van der Waals surface area contributed by atoms with Gasteiger partial charge < -0.3 is 15.1 Å². The van der Waals surface area contributed by atoms with E-state index in [9.17, 15) is 10.2 Å². The fraction of sp³-hybridized carbons (Fsp3) is 0.571. The van der Waals surface area contributed by atoms with E-state index in [-0.39, 0.29) is 6.61 Å². The van der Waals surface area contributed by atoms with Gasteiger partial charge in [0.05, 0.1) is 12.2 Å². The summed E-state index contributed by atoms with van der Waals surface area (Å²) in [6.45, 7) is 0.498. The van der Waals surface area contributed by atoms with Crippen molar-refractivity contribution < 1.29 is 10.2 Å². The molecule has 0 saturated heterocycles. The van der Waals surface area contributed by atoms with Gasteiger partial charge in [0.1, 0.15) is 0 Å². The van der Waals surface area contributed by atoms with Crippen LogP contribution in [0.15, 0.2) is 18.2 Å². The maximum absolute atomic E-state index is 10.4. The molecule has 0 aromatic heterocycles. The van der Waals surface area contributed by atoms with Crippen LogP contribution in [0.5, 0.6) is 0 Å². The fourth-order valence-corrected chi connectivity index (χ4v) is 3.01. The number of aliphatic hydroxyl groups is 2. The fourth-order valence-electron chi connectivity index (χ4n) is 2.78. The van der Waals surface area contributed by atoms with Crippen molar-refractivity contribution in [1.29, 1.82) is 0 Å². The third-order valence-corrected chi connectivity index (χ3v) is 4.08. The molecule has 0 unspecified atom stereocenters. The number of hydrogen-bond acceptors (Lipinski definition) is 3. The van der Waals surface area contributed by atoms with Crippen LogP contribution in [-0.4, -0.2) is 29.4 Å². The van der Waals surface area contributed by atoms with E-state index in [1.807, 2.05) is 24.1 Å². The summed E-state index contributed by atoms with van der Waals surface area (Å²) in [5.74, 6) is 0. The van der Waals surface area contributed by atoms with Gasteiger partial charge in [-0.05, 0) is 25.0 Å². The standard InChI is InChI=1S/C14H20ClNO2/c1-16(10-14(18)7-2-3-8-14)13-6-4-5-12(15)11(13)9-17/h4-6,17-18H,2-3,7-10H2,1H3. The molecule has 0 amide bonds. The molecule has 0 spiro atoms. The lowest BCUT2D eigenvalue weighted by molar-refractivity contribution is 0.0558. The first-order valence-electron chi connectivity index (χ1n) is 6.37. The third-order valence-electron chi connectivity index (χ3n) is 3.73. The van der Waals surface area contributed by atoms with Crippen LogP contribution >= 0.6 is 11.6 Å². The Kier molecular flexibility index (Phi) is 4.15. The summed E-state index contributed by atoms with van der Waals surface area (Å²) in [7, 11) is 1.93. The highest BCUT2D eigenvalue weighted by molar-refractivity contribution is 6.31. The summed E-state index contributed by atoms with van der Waals surface area (Å²) < 4.78 is 0. The van der Waals surface area contributed by atoms with E-state index < -0.39 is 5.60 Å². The van der Waals surface area contributed by atoms with Gasteiger partial charge in [-0.3, -0.25) is 0 Å². The van der Waals surface area contributed by atoms with Crippen molar-refractivity contribution in [3.63, 3.8) is 0 Å². The van der Waals surface area contributed by atoms with Crippen molar-refractivity contribution in [2.75, 3.05) is 18.5 Å². The number of halogens is 1. The SMILES string of the molecule is CN(CC1(O)CCCC1)c1cccc(Cl)c1CO. The van der Waals surface area contributed by atoms with Crippen molar-refractivity contribution >= 4 is 17.3 Å². The first-order chi connectivity index (χ1) is 8.56. The highest BCUT2D eigenvalue weighted by Crippen LogP contribution is 2.33. The summed E-state index contributed by atoms with van der Waals surface area (Å²) >= 11 is 6.08. The number of benzene rings is 1. The minimum atomic E-state index is -0.593. The first kappa shape index (κ1) is 13.7. The van der Waals surface area contributed by atoms with Crippen LogP contribution in [0.1, 0.15) is 31.2 Å². The molecule has 0 heterocycles. The van der Waals surface area contributed by atoms with Gasteiger partial charge in [0.2, 0.25) is 0 Å². The third kappa shape index (κ3) is 2.79. The Balaban J connectivity index is 2.18. The second-order valence-corrected chi connectivity index (χ2v) is 5.59. The normalized spacial score (nSPS) is 18.0. The second-order valence-electron chi connectivity index (χ2n) is 5.18. The van der Waals surface area contributed by atoms with E-state index in [0.29, 0.717) is 11.6 Å². The van der Waals surface area contributed by atoms with E-state index in [0.717, 1.165) is 36.9 Å². The Bertz CT molecular complexity index is 416. The van der Waals surface area contributed by atoms with Gasteiger partial charge in [0, 0.05) is 29.9 Å². The molecule has 0 aliphatic heterocycles. The minimum Gasteiger partial charge on any atom is -0.392 e. The molecule has 100 valence electrons. The monoisotopic (exact) mass is 269 g/mol. The molecule has 1 aromatic carbocycles. The average Bonchev–Trinajstić information content (AvgIpc) is 2.75. The topological polar surface area (TPSA) is 43.7 Å². The van der Waals surface area contributed by atoms with Crippen LogP contribution in [0.3, 0.4) is 0 Å². The summed E-state index contributed by atoms with van der Waals surface area (Å²) in [6, 6.07) is 5.57. The molecular formula is C14H20ClNO2. The lowest BCUT2D eigenvalue weighted by atomic mass is 10.0. The molecule has 1 saturated carbocycles. The number of aliphatic hydroxyl groups excluding tert-OH is 1. The molecule has 0 radical (unpaired) electrons. The Morgan fingerprint density at radius 1 is 1.33 bits per heavy atom. The van der Waals surface area contributed by atoms with Crippen molar-refractivity contribution in [2.45, 2.75) is 37.9 Å². The average molecular weight is 270 g/mol. The Morgan fingerprint density at radius 3 is 2.61 bits per heavy atom. The molecule has 1 aromatic rings. The van der Waals surface area contributed by atoms with Crippen molar-refractivity contribution in [1.82, 2.24) is 0 Å². The van der Waals surface area contributed by atoms with E-state index in [2.05, 4.69) is 0 Å². The number of hydrogen-bond donors (Lipinski definition) is 2. The zero-order chi connectivity index (χ0) is 13.2. The number of rotatable bonds is 4. The molecule has 1 aliphatic carbocycles. The van der Waals surface area contributed by atoms with Crippen molar-refractivity contribution in [3.8, 4) is 0 Å². The molecule has 0 atom stereocenters. The maximum atomic E-state index is 10.4. The molecule has 0 bridgehead atoms. The first-order valence-corrected chi connectivity index (χ1v) is 6.75. The quantitative estimate of drug-likeness (QED) is 0.883. The molecule has 3 nitrogen and oxygen atoms in total. The summed E-state index contributed by atoms with van der Waals surface area (Å²) in [5.41, 5.74) is 1.03. The Morgan fingerprint density at radius 2 is 2.00 bits per heavy atom. The van der Waals surface area contributed by atoms with Crippen LogP contribution in [0.25, 0.3) is 0 Å². The molecule has 1 aliphatic rings. The van der Waals surface area contributed by atoms with Gasteiger partial charge >= 0.3 is 0 Å². The van der Waals surface area contributed by atoms with Gasteiger partial charge in [0.25, 0.3) is 0 Å². The van der Waals surface area contributed by atoms with Crippen LogP contribution in [0, 0.1) is 0 Å². The predicted octanol–water partition coefficient (Wildman–Crippen LogP) is 2.57. The summed E-state index contributed by atoms with van der Waals surface area (Å²) in [5, 5.41) is 20.4. The number of nitrogens with zero attached hydrogens (tertiary/aromatic N) is 1. The van der Waals surface area contributed by atoms with E-state index in [1.54, 1.807) is 6.07 Å². The molecule has 2 rings (SSSR count). The lowest BCUT2D eigenvalue weighted by Crippen LogP contribution is -2.39. The maximum Gasteiger partial charge on any atom is 0.0821 e. The van der Waals surface area contributed by atoms with E-state index in [1.165, 1.54) is 0 Å². The van der Waals surface area contributed by atoms with Crippen molar-refractivity contribution in [2.24, 2.45) is 0 Å². The smallest absolute Gasteiger partial charge is 0.0821 e. The number of likely N-dealkylation sites (N-methyl/N-ethyl adjacent to an activating group) is 1. The van der Waals surface area contributed by atoms with Gasteiger partial charge in [0.15, 0.2) is 0 Å². The van der Waals surface area contributed by atoms with Crippen LogP contribution in [0.4, 0.5) is 5.69 Å². The van der Waals surface area contributed by atoms with Gasteiger partial charge in [-0.2, -0.15) is 0 Å². The summed E-state index contributed by atoms with van der Waals surface area (Å²) in [6.07, 6.45) is 3.89. The van der Waals surface area contributed by atoms with Crippen molar-refractivity contribution in [3.05, 3.63) is 28.8 Å². The minimum absolute atomic E-state index is 0.0855. The van der Waals surface area contributed by atoms with Gasteiger partial charge in [-0.1, -0.05) is 30.5 Å². The molecular weight excluding hydrogens is 250 g/mol. The largest absolute Gasteiger partial charge is 0.392 e. The van der Waals surface area contributed by atoms with E-state index >= 15 is 0 Å². The Hall–Kier alpha value is -0.770. The van der Waals surface area contributed by atoms with Gasteiger partial charge in [-0.25, -0.2) is 0 Å². The zero-order valence-electron chi connectivity index (χ0n) is 10.7. The highest BCUT2D eigenvalue weighted by Gasteiger charge is 2.32. The predicted molar refractivity (Wildman–Crippen MR) is 74.1 cm³/mol. The van der Waals surface area contributed by atoms with Crippen LogP contribution in [0.2, 0.25) is 5.02 Å². The summed E-state index contributed by atoms with van der Waals surface area (Å²) in [4.78, 5) is 1.99.